The zero-order valence-electron chi connectivity index (χ0n) is 7.38. The van der Waals surface area contributed by atoms with E-state index < -0.39 is 18.1 Å². The Kier molecular flexibility index (Phi) is 3.10. The molecular formula is C7H10ClN3O3. The molecule has 1 aromatic rings. The van der Waals surface area contributed by atoms with Crippen LogP contribution in [-0.2, 0) is 11.8 Å². The number of aliphatic hydroxyl groups excluding tert-OH is 1. The van der Waals surface area contributed by atoms with Gasteiger partial charge < -0.3 is 20.5 Å². The molecular weight excluding hydrogens is 210 g/mol. The monoisotopic (exact) mass is 219 g/mol. The molecule has 0 fully saturated rings. The summed E-state index contributed by atoms with van der Waals surface area (Å²) in [5, 5.41) is 18.4. The van der Waals surface area contributed by atoms with Crippen LogP contribution in [0.1, 0.15) is 11.9 Å². The molecule has 0 radical (unpaired) electrons. The summed E-state index contributed by atoms with van der Waals surface area (Å²) in [7, 11) is 1.56. The van der Waals surface area contributed by atoms with Crippen LogP contribution < -0.4 is 5.73 Å². The normalized spacial score (nSPS) is 15.1. The summed E-state index contributed by atoms with van der Waals surface area (Å²) in [6.45, 7) is 0. The van der Waals surface area contributed by atoms with E-state index in [-0.39, 0.29) is 5.82 Å². The third-order valence-electron chi connectivity index (χ3n) is 1.86. The highest BCUT2D eigenvalue weighted by Crippen LogP contribution is 2.17. The van der Waals surface area contributed by atoms with Crippen molar-refractivity contribution < 1.29 is 15.0 Å². The van der Waals surface area contributed by atoms with Crippen LogP contribution in [0.2, 0.25) is 5.15 Å². The fourth-order valence-electron chi connectivity index (χ4n) is 0.972. The Balaban J connectivity index is 2.94. The van der Waals surface area contributed by atoms with Crippen molar-refractivity contribution in [3.63, 3.8) is 0 Å². The number of aromatic nitrogens is 2. The molecule has 1 rings (SSSR count). The molecule has 0 amide bonds. The van der Waals surface area contributed by atoms with Gasteiger partial charge >= 0.3 is 5.97 Å². The van der Waals surface area contributed by atoms with Crippen LogP contribution in [0.25, 0.3) is 0 Å². The van der Waals surface area contributed by atoms with Crippen molar-refractivity contribution in [2.75, 3.05) is 0 Å². The van der Waals surface area contributed by atoms with E-state index in [4.69, 9.17) is 22.4 Å². The van der Waals surface area contributed by atoms with Crippen LogP contribution in [0, 0.1) is 0 Å². The first-order valence-electron chi connectivity index (χ1n) is 3.78. The average Bonchev–Trinajstić information content (AvgIpc) is 2.45. The van der Waals surface area contributed by atoms with Crippen molar-refractivity contribution in [2.45, 2.75) is 12.1 Å². The van der Waals surface area contributed by atoms with Crippen LogP contribution in [0.4, 0.5) is 0 Å². The second kappa shape index (κ2) is 3.95. The van der Waals surface area contributed by atoms with E-state index in [0.717, 1.165) is 0 Å². The van der Waals surface area contributed by atoms with Gasteiger partial charge in [-0.2, -0.15) is 0 Å². The van der Waals surface area contributed by atoms with Crippen molar-refractivity contribution >= 4 is 17.6 Å². The first kappa shape index (κ1) is 11.0. The lowest BCUT2D eigenvalue weighted by Gasteiger charge is -2.14. The van der Waals surface area contributed by atoms with Gasteiger partial charge in [0, 0.05) is 7.05 Å². The molecule has 0 aliphatic carbocycles. The van der Waals surface area contributed by atoms with E-state index in [0.29, 0.717) is 5.15 Å². The first-order chi connectivity index (χ1) is 6.45. The fourth-order valence-corrected chi connectivity index (χ4v) is 1.11. The molecule has 0 spiro atoms. The molecule has 6 nitrogen and oxygen atoms in total. The second-order valence-corrected chi connectivity index (χ2v) is 3.19. The van der Waals surface area contributed by atoms with Gasteiger partial charge in [-0.3, -0.25) is 4.79 Å². The molecule has 1 aromatic heterocycles. The molecule has 4 N–H and O–H groups in total. The van der Waals surface area contributed by atoms with Crippen LogP contribution in [0.3, 0.4) is 0 Å². The molecule has 2 atom stereocenters. The number of nitrogens with zero attached hydrogens (tertiary/aromatic N) is 2. The van der Waals surface area contributed by atoms with Gasteiger partial charge in [0.25, 0.3) is 0 Å². The van der Waals surface area contributed by atoms with Gasteiger partial charge in [0.05, 0.1) is 6.20 Å². The Morgan fingerprint density at radius 3 is 2.71 bits per heavy atom. The SMILES string of the molecule is Cn1c(Cl)cnc1C(O)C(N)C(=O)O. The Labute approximate surface area is 84.9 Å². The minimum atomic E-state index is -1.41. The lowest BCUT2D eigenvalue weighted by Crippen LogP contribution is -2.37. The molecule has 78 valence electrons. The summed E-state index contributed by atoms with van der Waals surface area (Å²) in [6.07, 6.45) is -0.0562. The minimum absolute atomic E-state index is 0.130. The number of hydrogen-bond acceptors (Lipinski definition) is 4. The smallest absolute Gasteiger partial charge is 0.323 e. The Morgan fingerprint density at radius 2 is 2.36 bits per heavy atom. The average molecular weight is 220 g/mol. The molecule has 2 unspecified atom stereocenters. The molecule has 0 aliphatic heterocycles. The van der Waals surface area contributed by atoms with Gasteiger partial charge in [-0.05, 0) is 0 Å². The summed E-state index contributed by atoms with van der Waals surface area (Å²) < 4.78 is 1.37. The quantitative estimate of drug-likeness (QED) is 0.637. The van der Waals surface area contributed by atoms with Crippen LogP contribution in [0.15, 0.2) is 6.20 Å². The van der Waals surface area contributed by atoms with Gasteiger partial charge in [-0.15, -0.1) is 0 Å². The summed E-state index contributed by atoms with van der Waals surface area (Å²) in [5.74, 6) is -1.17. The summed E-state index contributed by atoms with van der Waals surface area (Å²) in [6, 6.07) is -1.41. The van der Waals surface area contributed by atoms with Gasteiger partial charge in [-0.1, -0.05) is 11.6 Å². The zero-order chi connectivity index (χ0) is 10.9. The van der Waals surface area contributed by atoms with E-state index >= 15 is 0 Å². The van der Waals surface area contributed by atoms with Crippen LogP contribution in [-0.4, -0.2) is 31.8 Å². The Morgan fingerprint density at radius 1 is 1.79 bits per heavy atom. The molecule has 0 bridgehead atoms. The van der Waals surface area contributed by atoms with Crippen LogP contribution in [0.5, 0.6) is 0 Å². The maximum Gasteiger partial charge on any atom is 0.323 e. The fraction of sp³-hybridized carbons (Fsp3) is 0.429. The zero-order valence-corrected chi connectivity index (χ0v) is 8.14. The number of hydrogen-bond donors (Lipinski definition) is 3. The van der Waals surface area contributed by atoms with Crippen molar-refractivity contribution in [1.29, 1.82) is 0 Å². The van der Waals surface area contributed by atoms with Gasteiger partial charge in [-0.25, -0.2) is 4.98 Å². The third-order valence-corrected chi connectivity index (χ3v) is 2.21. The number of imidazole rings is 1. The van der Waals surface area contributed by atoms with E-state index in [1.165, 1.54) is 10.8 Å². The summed E-state index contributed by atoms with van der Waals surface area (Å²) in [4.78, 5) is 14.2. The molecule has 0 saturated heterocycles. The topological polar surface area (TPSA) is 101 Å². The van der Waals surface area contributed by atoms with Crippen molar-refractivity contribution in [3.8, 4) is 0 Å². The predicted octanol–water partition coefficient (Wildman–Crippen LogP) is -0.481. The second-order valence-electron chi connectivity index (χ2n) is 2.81. The highest BCUT2D eigenvalue weighted by Gasteiger charge is 2.27. The summed E-state index contributed by atoms with van der Waals surface area (Å²) >= 11 is 5.66. The first-order valence-corrected chi connectivity index (χ1v) is 4.16. The molecule has 1 heterocycles. The number of carboxylic acids is 1. The van der Waals surface area contributed by atoms with E-state index in [1.807, 2.05) is 0 Å². The van der Waals surface area contributed by atoms with Gasteiger partial charge in [0.2, 0.25) is 0 Å². The molecule has 0 saturated carbocycles. The van der Waals surface area contributed by atoms with Crippen molar-refractivity contribution in [2.24, 2.45) is 12.8 Å². The number of aliphatic hydroxyl groups is 1. The molecule has 14 heavy (non-hydrogen) atoms. The van der Waals surface area contributed by atoms with E-state index in [2.05, 4.69) is 4.98 Å². The number of carbonyl (C=O) groups is 1. The van der Waals surface area contributed by atoms with E-state index in [9.17, 15) is 9.90 Å². The summed E-state index contributed by atoms with van der Waals surface area (Å²) in [5.41, 5.74) is 5.22. The standard InChI is InChI=1S/C7H10ClN3O3/c1-11-3(8)2-10-6(11)5(12)4(9)7(13)14/h2,4-5,12H,9H2,1H3,(H,13,14). The lowest BCUT2D eigenvalue weighted by molar-refractivity contribution is -0.141. The van der Waals surface area contributed by atoms with E-state index in [1.54, 1.807) is 7.05 Å². The van der Waals surface area contributed by atoms with Gasteiger partial charge in [0.1, 0.15) is 23.1 Å². The highest BCUT2D eigenvalue weighted by atomic mass is 35.5. The third kappa shape index (κ3) is 1.87. The molecule has 0 aliphatic rings. The maximum atomic E-state index is 10.5. The number of rotatable bonds is 3. The van der Waals surface area contributed by atoms with Crippen molar-refractivity contribution in [3.05, 3.63) is 17.2 Å². The molecule has 7 heteroatoms. The number of carboxylic acid groups (broad SMARTS) is 1. The largest absolute Gasteiger partial charge is 0.480 e. The predicted molar refractivity (Wildman–Crippen MR) is 48.8 cm³/mol. The maximum absolute atomic E-state index is 10.5. The highest BCUT2D eigenvalue weighted by molar-refractivity contribution is 6.29. The molecule has 0 aromatic carbocycles. The Hall–Kier alpha value is -1.11. The minimum Gasteiger partial charge on any atom is -0.480 e. The number of aliphatic carboxylic acids is 1. The van der Waals surface area contributed by atoms with Crippen molar-refractivity contribution in [1.82, 2.24) is 9.55 Å². The van der Waals surface area contributed by atoms with Crippen LogP contribution >= 0.6 is 11.6 Å². The van der Waals surface area contributed by atoms with Gasteiger partial charge in [0.15, 0.2) is 0 Å². The number of nitrogens with two attached hydrogens (primary N) is 1. The lowest BCUT2D eigenvalue weighted by atomic mass is 10.1. The Bertz CT molecular complexity index is 352. The number of halogens is 1.